The molecule has 4 amide bonds. The minimum atomic E-state index is -0.814. The minimum absolute atomic E-state index is 0.174. The average molecular weight is 522 g/mol. The molecule has 8 nitrogen and oxygen atoms in total. The van der Waals surface area contributed by atoms with Crippen LogP contribution >= 0.6 is 22.6 Å². The number of imide groups is 2. The van der Waals surface area contributed by atoms with Gasteiger partial charge in [-0.15, -0.1) is 0 Å². The molecule has 1 N–H and O–H groups in total. The number of amides is 4. The van der Waals surface area contributed by atoms with E-state index in [9.17, 15) is 14.4 Å². The van der Waals surface area contributed by atoms with Crippen molar-refractivity contribution in [3.05, 3.63) is 51.1 Å². The van der Waals surface area contributed by atoms with Gasteiger partial charge in [0.2, 0.25) is 0 Å². The fourth-order valence-corrected chi connectivity index (χ4v) is 3.68. The van der Waals surface area contributed by atoms with Crippen LogP contribution in [0.15, 0.2) is 42.0 Å². The van der Waals surface area contributed by atoms with Gasteiger partial charge in [0.15, 0.2) is 11.5 Å². The Morgan fingerprint density at radius 3 is 2.37 bits per heavy atom. The highest BCUT2D eigenvalue weighted by Crippen LogP contribution is 2.35. The van der Waals surface area contributed by atoms with Crippen LogP contribution in [0.1, 0.15) is 12.5 Å². The first-order valence-corrected chi connectivity index (χ1v) is 10.0. The number of carbonyl (C=O) groups is 3. The highest BCUT2D eigenvalue weighted by Gasteiger charge is 2.36. The fourth-order valence-electron chi connectivity index (χ4n) is 2.90. The quantitative estimate of drug-likeness (QED) is 0.355. The van der Waals surface area contributed by atoms with Crippen LogP contribution in [-0.2, 0) is 9.59 Å². The number of carbonyl (C=O) groups excluding carboxylic acids is 3. The van der Waals surface area contributed by atoms with Gasteiger partial charge in [0.25, 0.3) is 11.8 Å². The number of benzene rings is 2. The summed E-state index contributed by atoms with van der Waals surface area (Å²) in [5, 5.41) is 2.20. The van der Waals surface area contributed by atoms with Crippen LogP contribution < -0.4 is 24.4 Å². The zero-order valence-electron chi connectivity index (χ0n) is 16.5. The van der Waals surface area contributed by atoms with Crippen molar-refractivity contribution in [1.82, 2.24) is 5.32 Å². The molecule has 1 fully saturated rings. The Morgan fingerprint density at radius 1 is 1.07 bits per heavy atom. The lowest BCUT2D eigenvalue weighted by Crippen LogP contribution is -2.54. The smallest absolute Gasteiger partial charge is 0.335 e. The molecule has 0 radical (unpaired) electrons. The number of methoxy groups -OCH3 is 2. The molecule has 0 atom stereocenters. The second-order valence-electron chi connectivity index (χ2n) is 6.12. The second kappa shape index (κ2) is 9.16. The van der Waals surface area contributed by atoms with Crippen molar-refractivity contribution in [2.45, 2.75) is 6.92 Å². The summed E-state index contributed by atoms with van der Waals surface area (Å²) in [6, 6.07) is 8.97. The van der Waals surface area contributed by atoms with Gasteiger partial charge in [0.1, 0.15) is 11.3 Å². The minimum Gasteiger partial charge on any atom is -0.497 e. The number of urea groups is 1. The Hall–Kier alpha value is -3.08. The highest BCUT2D eigenvalue weighted by molar-refractivity contribution is 14.1. The van der Waals surface area contributed by atoms with E-state index in [1.54, 1.807) is 36.4 Å². The van der Waals surface area contributed by atoms with Crippen LogP contribution in [-0.4, -0.2) is 38.7 Å². The monoisotopic (exact) mass is 522 g/mol. The molecule has 30 heavy (non-hydrogen) atoms. The first kappa shape index (κ1) is 21.6. The Balaban J connectivity index is 2.01. The molecule has 3 rings (SSSR count). The van der Waals surface area contributed by atoms with E-state index in [4.69, 9.17) is 14.2 Å². The summed E-state index contributed by atoms with van der Waals surface area (Å²) in [5.74, 6) is 0.139. The molecule has 0 aromatic heterocycles. The molecule has 9 heteroatoms. The van der Waals surface area contributed by atoms with Crippen molar-refractivity contribution in [2.24, 2.45) is 0 Å². The molecule has 0 unspecified atom stereocenters. The normalized spacial score (nSPS) is 15.3. The van der Waals surface area contributed by atoms with Crippen LogP contribution in [0.25, 0.3) is 6.08 Å². The molecule has 156 valence electrons. The molecule has 1 heterocycles. The molecule has 1 saturated heterocycles. The number of nitrogens with zero attached hydrogens (tertiary/aromatic N) is 1. The summed E-state index contributed by atoms with van der Waals surface area (Å²) in [7, 11) is 3.02. The third kappa shape index (κ3) is 4.25. The third-order valence-corrected chi connectivity index (χ3v) is 5.09. The van der Waals surface area contributed by atoms with Crippen LogP contribution in [0.2, 0.25) is 0 Å². The summed E-state index contributed by atoms with van der Waals surface area (Å²) in [5.41, 5.74) is 0.699. The largest absolute Gasteiger partial charge is 0.497 e. The van der Waals surface area contributed by atoms with Crippen molar-refractivity contribution in [3.8, 4) is 17.2 Å². The lowest BCUT2D eigenvalue weighted by molar-refractivity contribution is -0.122. The number of halogens is 1. The van der Waals surface area contributed by atoms with Crippen LogP contribution in [0.5, 0.6) is 17.2 Å². The Morgan fingerprint density at radius 2 is 1.77 bits per heavy atom. The number of hydrogen-bond acceptors (Lipinski definition) is 6. The fraction of sp³-hybridized carbons (Fsp3) is 0.190. The SMILES string of the molecule is CCOc1c(I)cc(/C=C2/C(=O)NC(=O)N(c3ccc(OC)cc3)C2=O)cc1OC. The van der Waals surface area contributed by atoms with E-state index in [1.165, 1.54) is 20.3 Å². The van der Waals surface area contributed by atoms with Gasteiger partial charge in [0.05, 0.1) is 30.1 Å². The Bertz CT molecular complexity index is 1030. The van der Waals surface area contributed by atoms with Gasteiger partial charge in [-0.25, -0.2) is 9.69 Å². The van der Waals surface area contributed by atoms with Gasteiger partial charge in [-0.1, -0.05) is 0 Å². The van der Waals surface area contributed by atoms with Crippen LogP contribution in [0.3, 0.4) is 0 Å². The predicted molar refractivity (Wildman–Crippen MR) is 119 cm³/mol. The molecule has 2 aromatic rings. The molecular weight excluding hydrogens is 503 g/mol. The van der Waals surface area contributed by atoms with Gasteiger partial charge < -0.3 is 14.2 Å². The van der Waals surface area contributed by atoms with Gasteiger partial charge >= 0.3 is 6.03 Å². The number of ether oxygens (including phenoxy) is 3. The van der Waals surface area contributed by atoms with E-state index in [1.807, 2.05) is 6.92 Å². The lowest BCUT2D eigenvalue weighted by Gasteiger charge is -2.26. The van der Waals surface area contributed by atoms with Gasteiger partial charge in [-0.2, -0.15) is 0 Å². The van der Waals surface area contributed by atoms with E-state index in [-0.39, 0.29) is 5.57 Å². The number of hydrogen-bond donors (Lipinski definition) is 1. The summed E-state index contributed by atoms with van der Waals surface area (Å²) in [6.45, 7) is 2.33. The first-order valence-electron chi connectivity index (χ1n) is 8.95. The van der Waals surface area contributed by atoms with Crippen LogP contribution in [0, 0.1) is 3.57 Å². The zero-order chi connectivity index (χ0) is 21.8. The maximum Gasteiger partial charge on any atom is 0.335 e. The maximum atomic E-state index is 13.0. The predicted octanol–water partition coefficient (Wildman–Crippen LogP) is 3.37. The van der Waals surface area contributed by atoms with E-state index in [2.05, 4.69) is 27.9 Å². The van der Waals surface area contributed by atoms with E-state index >= 15 is 0 Å². The van der Waals surface area contributed by atoms with Crippen molar-refractivity contribution < 1.29 is 28.6 Å². The van der Waals surface area contributed by atoms with Crippen molar-refractivity contribution in [3.63, 3.8) is 0 Å². The molecule has 2 aromatic carbocycles. The number of barbiturate groups is 1. The van der Waals surface area contributed by atoms with Gasteiger partial charge in [0, 0.05) is 0 Å². The maximum absolute atomic E-state index is 13.0. The Labute approximate surface area is 186 Å². The van der Waals surface area contributed by atoms with Gasteiger partial charge in [-0.3, -0.25) is 14.9 Å². The van der Waals surface area contributed by atoms with Crippen molar-refractivity contribution in [1.29, 1.82) is 0 Å². The van der Waals surface area contributed by atoms with Gasteiger partial charge in [-0.05, 0) is 77.6 Å². The topological polar surface area (TPSA) is 94.2 Å². The first-order chi connectivity index (χ1) is 14.4. The highest BCUT2D eigenvalue weighted by atomic mass is 127. The molecule has 0 aliphatic carbocycles. The van der Waals surface area contributed by atoms with E-state index in [0.29, 0.717) is 35.1 Å². The number of nitrogens with one attached hydrogen (secondary N) is 1. The molecule has 0 spiro atoms. The third-order valence-electron chi connectivity index (χ3n) is 4.28. The average Bonchev–Trinajstić information content (AvgIpc) is 2.73. The van der Waals surface area contributed by atoms with E-state index in [0.717, 1.165) is 8.47 Å². The van der Waals surface area contributed by atoms with Crippen molar-refractivity contribution >= 4 is 52.2 Å². The number of anilines is 1. The molecule has 1 aliphatic rings. The number of rotatable bonds is 6. The summed E-state index contributed by atoms with van der Waals surface area (Å²) in [6.07, 6.45) is 1.42. The molecule has 0 saturated carbocycles. The lowest BCUT2D eigenvalue weighted by atomic mass is 10.1. The molecule has 1 aliphatic heterocycles. The van der Waals surface area contributed by atoms with Crippen molar-refractivity contribution in [2.75, 3.05) is 25.7 Å². The molecule has 0 bridgehead atoms. The standard InChI is InChI=1S/C21H19IN2O6/c1-4-30-18-16(22)10-12(11-17(18)29-3)9-15-19(25)23-21(27)24(20(15)26)13-5-7-14(28-2)8-6-13/h5-11H,4H2,1-3H3,(H,23,25,27)/b15-9-. The van der Waals surface area contributed by atoms with Crippen LogP contribution in [0.4, 0.5) is 10.5 Å². The summed E-state index contributed by atoms with van der Waals surface area (Å²) < 4.78 is 16.8. The molecular formula is C21H19IN2O6. The summed E-state index contributed by atoms with van der Waals surface area (Å²) in [4.78, 5) is 38.6. The second-order valence-corrected chi connectivity index (χ2v) is 7.29. The zero-order valence-corrected chi connectivity index (χ0v) is 18.7. The van der Waals surface area contributed by atoms with E-state index < -0.39 is 17.8 Å². The summed E-state index contributed by atoms with van der Waals surface area (Å²) >= 11 is 2.09. The Kier molecular flexibility index (Phi) is 6.60.